The number of benzene rings is 1. The third kappa shape index (κ3) is 4.04. The smallest absolute Gasteiger partial charge is 0.247 e. The van der Waals surface area contributed by atoms with Gasteiger partial charge < -0.3 is 9.64 Å². The first kappa shape index (κ1) is 15.4. The minimum absolute atomic E-state index is 0.0154. The standard InChI is InChI=1S/C17H20N4O2/c1-14-13-23-10-9-21(14)17(22)8-7-16-12-20(19-18-16)11-15-5-3-2-4-6-15/h2-8,12,14H,9-11,13H2,1H3/b8-7+/t14-/m0/s1. The highest BCUT2D eigenvalue weighted by Crippen LogP contribution is 2.08. The number of carbonyl (C=O) groups is 1. The molecule has 0 bridgehead atoms. The Morgan fingerprint density at radius 3 is 3.00 bits per heavy atom. The normalized spacial score (nSPS) is 18.5. The van der Waals surface area contributed by atoms with E-state index in [1.807, 2.05) is 48.4 Å². The largest absolute Gasteiger partial charge is 0.377 e. The molecule has 0 radical (unpaired) electrons. The SMILES string of the molecule is C[C@H]1COCCN1C(=O)/C=C/c1cn(Cc2ccccc2)nn1. The van der Waals surface area contributed by atoms with Crippen LogP contribution in [0.15, 0.2) is 42.6 Å². The van der Waals surface area contributed by atoms with Crippen LogP contribution in [0.2, 0.25) is 0 Å². The lowest BCUT2D eigenvalue weighted by atomic mass is 10.2. The molecule has 2 heterocycles. The number of ether oxygens (including phenoxy) is 1. The molecule has 1 aromatic carbocycles. The van der Waals surface area contributed by atoms with Crippen LogP contribution in [-0.2, 0) is 16.1 Å². The maximum absolute atomic E-state index is 12.2. The van der Waals surface area contributed by atoms with Crippen molar-refractivity contribution in [1.82, 2.24) is 19.9 Å². The molecule has 0 aliphatic carbocycles. The molecule has 23 heavy (non-hydrogen) atoms. The Morgan fingerprint density at radius 2 is 2.22 bits per heavy atom. The molecule has 1 atom stereocenters. The lowest BCUT2D eigenvalue weighted by Crippen LogP contribution is -2.46. The van der Waals surface area contributed by atoms with Crippen molar-refractivity contribution in [3.8, 4) is 0 Å². The molecule has 0 unspecified atom stereocenters. The third-order valence-electron chi connectivity index (χ3n) is 3.79. The van der Waals surface area contributed by atoms with Crippen molar-refractivity contribution in [1.29, 1.82) is 0 Å². The number of amides is 1. The van der Waals surface area contributed by atoms with Gasteiger partial charge in [-0.05, 0) is 18.6 Å². The van der Waals surface area contributed by atoms with E-state index in [9.17, 15) is 4.79 Å². The van der Waals surface area contributed by atoms with Gasteiger partial charge in [-0.2, -0.15) is 0 Å². The Bertz CT molecular complexity index is 681. The molecule has 1 aromatic heterocycles. The fraction of sp³-hybridized carbons (Fsp3) is 0.353. The molecule has 1 aliphatic heterocycles. The van der Waals surface area contributed by atoms with E-state index in [-0.39, 0.29) is 11.9 Å². The maximum atomic E-state index is 12.2. The minimum Gasteiger partial charge on any atom is -0.377 e. The Morgan fingerprint density at radius 1 is 1.39 bits per heavy atom. The number of hydrogen-bond acceptors (Lipinski definition) is 4. The Kier molecular flexibility index (Phi) is 4.83. The highest BCUT2D eigenvalue weighted by molar-refractivity contribution is 5.91. The molecular formula is C17H20N4O2. The van der Waals surface area contributed by atoms with Crippen LogP contribution in [0, 0.1) is 0 Å². The summed E-state index contributed by atoms with van der Waals surface area (Å²) in [5, 5.41) is 8.17. The zero-order chi connectivity index (χ0) is 16.1. The topological polar surface area (TPSA) is 60.2 Å². The second-order valence-electron chi connectivity index (χ2n) is 5.62. The summed E-state index contributed by atoms with van der Waals surface area (Å²) >= 11 is 0. The molecule has 0 spiro atoms. The average molecular weight is 312 g/mol. The van der Waals surface area contributed by atoms with Crippen molar-refractivity contribution < 1.29 is 9.53 Å². The minimum atomic E-state index is -0.0154. The van der Waals surface area contributed by atoms with Gasteiger partial charge in [0.15, 0.2) is 0 Å². The Labute approximate surface area is 135 Å². The number of aromatic nitrogens is 3. The van der Waals surface area contributed by atoms with Crippen LogP contribution in [0.5, 0.6) is 0 Å². The van der Waals surface area contributed by atoms with Crippen LogP contribution in [0.4, 0.5) is 0 Å². The molecule has 6 heteroatoms. The van der Waals surface area contributed by atoms with E-state index in [1.165, 1.54) is 0 Å². The summed E-state index contributed by atoms with van der Waals surface area (Å²) in [6, 6.07) is 10.2. The van der Waals surface area contributed by atoms with Crippen LogP contribution in [0.25, 0.3) is 6.08 Å². The molecule has 3 rings (SSSR count). The fourth-order valence-electron chi connectivity index (χ4n) is 2.54. The van der Waals surface area contributed by atoms with Gasteiger partial charge in [0.05, 0.1) is 32.0 Å². The second-order valence-corrected chi connectivity index (χ2v) is 5.62. The summed E-state index contributed by atoms with van der Waals surface area (Å²) in [6.45, 7) is 4.46. The van der Waals surface area contributed by atoms with Gasteiger partial charge in [0, 0.05) is 12.6 Å². The highest BCUT2D eigenvalue weighted by Gasteiger charge is 2.21. The Balaban J connectivity index is 1.61. The fourth-order valence-corrected chi connectivity index (χ4v) is 2.54. The molecule has 120 valence electrons. The van der Waals surface area contributed by atoms with Crippen LogP contribution in [-0.4, -0.2) is 51.6 Å². The van der Waals surface area contributed by atoms with E-state index in [4.69, 9.17) is 4.74 Å². The van der Waals surface area contributed by atoms with Crippen molar-refractivity contribution in [2.75, 3.05) is 19.8 Å². The number of rotatable bonds is 4. The van der Waals surface area contributed by atoms with E-state index in [1.54, 1.807) is 16.8 Å². The van der Waals surface area contributed by atoms with Crippen molar-refractivity contribution in [3.05, 3.63) is 53.9 Å². The van der Waals surface area contributed by atoms with Crippen molar-refractivity contribution in [2.24, 2.45) is 0 Å². The van der Waals surface area contributed by atoms with Gasteiger partial charge in [-0.15, -0.1) is 5.10 Å². The van der Waals surface area contributed by atoms with E-state index >= 15 is 0 Å². The van der Waals surface area contributed by atoms with Crippen molar-refractivity contribution in [2.45, 2.75) is 19.5 Å². The van der Waals surface area contributed by atoms with Gasteiger partial charge in [-0.3, -0.25) is 4.79 Å². The Hall–Kier alpha value is -2.47. The molecule has 1 fully saturated rings. The van der Waals surface area contributed by atoms with Crippen LogP contribution >= 0.6 is 0 Å². The zero-order valence-corrected chi connectivity index (χ0v) is 13.1. The van der Waals surface area contributed by atoms with Crippen LogP contribution < -0.4 is 0 Å². The molecular weight excluding hydrogens is 292 g/mol. The number of morpholine rings is 1. The first-order chi connectivity index (χ1) is 11.2. The summed E-state index contributed by atoms with van der Waals surface area (Å²) in [5.41, 5.74) is 1.83. The average Bonchev–Trinajstić information content (AvgIpc) is 3.01. The molecule has 0 saturated carbocycles. The van der Waals surface area contributed by atoms with Gasteiger partial charge in [-0.1, -0.05) is 35.5 Å². The summed E-state index contributed by atoms with van der Waals surface area (Å²) in [7, 11) is 0. The zero-order valence-electron chi connectivity index (χ0n) is 13.1. The monoisotopic (exact) mass is 312 g/mol. The quantitative estimate of drug-likeness (QED) is 0.804. The predicted molar refractivity (Wildman–Crippen MR) is 86.6 cm³/mol. The van der Waals surface area contributed by atoms with Gasteiger partial charge in [0.2, 0.25) is 5.91 Å². The predicted octanol–water partition coefficient (Wildman–Crippen LogP) is 1.59. The van der Waals surface area contributed by atoms with Crippen LogP contribution in [0.1, 0.15) is 18.2 Å². The molecule has 1 saturated heterocycles. The lowest BCUT2D eigenvalue weighted by Gasteiger charge is -2.32. The summed E-state index contributed by atoms with van der Waals surface area (Å²) in [6.07, 6.45) is 5.09. The van der Waals surface area contributed by atoms with Gasteiger partial charge in [-0.25, -0.2) is 4.68 Å². The first-order valence-corrected chi connectivity index (χ1v) is 7.73. The van der Waals surface area contributed by atoms with Gasteiger partial charge in [0.1, 0.15) is 5.69 Å². The van der Waals surface area contributed by atoms with Gasteiger partial charge >= 0.3 is 0 Å². The van der Waals surface area contributed by atoms with E-state index < -0.39 is 0 Å². The first-order valence-electron chi connectivity index (χ1n) is 7.73. The number of nitrogens with zero attached hydrogens (tertiary/aromatic N) is 4. The summed E-state index contributed by atoms with van der Waals surface area (Å²) in [5.74, 6) is -0.0154. The van der Waals surface area contributed by atoms with E-state index in [0.29, 0.717) is 32.0 Å². The van der Waals surface area contributed by atoms with Gasteiger partial charge in [0.25, 0.3) is 0 Å². The summed E-state index contributed by atoms with van der Waals surface area (Å²) < 4.78 is 7.10. The molecule has 1 amide bonds. The summed E-state index contributed by atoms with van der Waals surface area (Å²) in [4.78, 5) is 14.0. The lowest BCUT2D eigenvalue weighted by molar-refractivity contribution is -0.133. The highest BCUT2D eigenvalue weighted by atomic mass is 16.5. The maximum Gasteiger partial charge on any atom is 0.247 e. The second kappa shape index (κ2) is 7.19. The van der Waals surface area contributed by atoms with E-state index in [2.05, 4.69) is 10.3 Å². The van der Waals surface area contributed by atoms with Crippen molar-refractivity contribution in [3.63, 3.8) is 0 Å². The molecule has 2 aromatic rings. The third-order valence-corrected chi connectivity index (χ3v) is 3.79. The molecule has 6 nitrogen and oxygen atoms in total. The molecule has 0 N–H and O–H groups in total. The van der Waals surface area contributed by atoms with Crippen LogP contribution in [0.3, 0.4) is 0 Å². The van der Waals surface area contributed by atoms with E-state index in [0.717, 1.165) is 5.56 Å². The number of hydrogen-bond donors (Lipinski definition) is 0. The number of carbonyl (C=O) groups excluding carboxylic acids is 1. The molecule has 1 aliphatic rings. The van der Waals surface area contributed by atoms with Crippen molar-refractivity contribution >= 4 is 12.0 Å².